The van der Waals surface area contributed by atoms with Crippen molar-refractivity contribution < 1.29 is 19.6 Å². The predicted molar refractivity (Wildman–Crippen MR) is 104 cm³/mol. The lowest BCUT2D eigenvalue weighted by atomic mass is 9.85. The highest BCUT2D eigenvalue weighted by atomic mass is 16.5. The zero-order valence-electron chi connectivity index (χ0n) is 17.3. The second kappa shape index (κ2) is 11.3. The molecule has 1 fully saturated rings. The van der Waals surface area contributed by atoms with Gasteiger partial charge in [0.25, 0.3) is 0 Å². The first kappa shape index (κ1) is 23.4. The molecular formula is C20H37N3O4. The Morgan fingerprint density at radius 3 is 2.33 bits per heavy atom. The molecule has 3 amide bonds. The molecule has 0 bridgehead atoms. The average Bonchev–Trinajstić information content (AvgIpc) is 2.62. The Morgan fingerprint density at radius 2 is 1.81 bits per heavy atom. The van der Waals surface area contributed by atoms with Gasteiger partial charge in [-0.25, -0.2) is 5.06 Å². The number of amides is 3. The van der Waals surface area contributed by atoms with E-state index < -0.39 is 17.4 Å². The van der Waals surface area contributed by atoms with Gasteiger partial charge in [-0.3, -0.25) is 19.6 Å². The van der Waals surface area contributed by atoms with E-state index in [0.717, 1.165) is 38.5 Å². The third-order valence-electron chi connectivity index (χ3n) is 5.17. The van der Waals surface area contributed by atoms with E-state index in [4.69, 9.17) is 0 Å². The Balaban J connectivity index is 2.80. The molecule has 2 unspecified atom stereocenters. The highest BCUT2D eigenvalue weighted by molar-refractivity contribution is 5.89. The number of unbranched alkanes of at least 4 members (excludes halogenated alkanes) is 1. The molecular weight excluding hydrogens is 346 g/mol. The maximum Gasteiger partial charge on any atom is 0.243 e. The van der Waals surface area contributed by atoms with Crippen LogP contribution in [0.3, 0.4) is 0 Å². The molecule has 0 aliphatic heterocycles. The average molecular weight is 384 g/mol. The second-order valence-corrected chi connectivity index (χ2v) is 8.72. The summed E-state index contributed by atoms with van der Waals surface area (Å²) in [6.45, 7) is 7.70. The summed E-state index contributed by atoms with van der Waals surface area (Å²) in [7, 11) is 0. The largest absolute Gasteiger partial charge is 0.352 e. The molecule has 0 spiro atoms. The molecule has 0 radical (unpaired) electrons. The molecule has 7 heteroatoms. The minimum atomic E-state index is -0.667. The van der Waals surface area contributed by atoms with Crippen molar-refractivity contribution in [3.63, 3.8) is 0 Å². The van der Waals surface area contributed by atoms with Crippen LogP contribution in [-0.4, -0.2) is 47.1 Å². The van der Waals surface area contributed by atoms with Crippen LogP contribution < -0.4 is 10.6 Å². The first-order valence-corrected chi connectivity index (χ1v) is 10.2. The Labute approximate surface area is 163 Å². The van der Waals surface area contributed by atoms with Crippen LogP contribution in [0.15, 0.2) is 0 Å². The van der Waals surface area contributed by atoms with Gasteiger partial charge in [0, 0.05) is 6.04 Å². The quantitative estimate of drug-likeness (QED) is 0.307. The number of nitrogens with one attached hydrogen (secondary N) is 2. The van der Waals surface area contributed by atoms with E-state index in [2.05, 4.69) is 10.6 Å². The lowest BCUT2D eigenvalue weighted by molar-refractivity contribution is -0.155. The summed E-state index contributed by atoms with van der Waals surface area (Å²) in [6.07, 6.45) is 7.96. The van der Waals surface area contributed by atoms with Crippen molar-refractivity contribution in [2.45, 2.75) is 91.1 Å². The van der Waals surface area contributed by atoms with Gasteiger partial charge in [0.2, 0.25) is 18.2 Å². The molecule has 1 aliphatic rings. The van der Waals surface area contributed by atoms with Crippen LogP contribution in [0.4, 0.5) is 0 Å². The van der Waals surface area contributed by atoms with Gasteiger partial charge in [0.05, 0.1) is 12.5 Å². The van der Waals surface area contributed by atoms with Gasteiger partial charge in [-0.05, 0) is 24.7 Å². The minimum Gasteiger partial charge on any atom is -0.352 e. The first-order valence-electron chi connectivity index (χ1n) is 10.2. The molecule has 27 heavy (non-hydrogen) atoms. The van der Waals surface area contributed by atoms with Crippen molar-refractivity contribution >= 4 is 18.2 Å². The van der Waals surface area contributed by atoms with Gasteiger partial charge in [-0.2, -0.15) is 0 Å². The zero-order valence-corrected chi connectivity index (χ0v) is 17.3. The van der Waals surface area contributed by atoms with Crippen LogP contribution in [0.2, 0.25) is 0 Å². The van der Waals surface area contributed by atoms with Gasteiger partial charge >= 0.3 is 0 Å². The van der Waals surface area contributed by atoms with E-state index in [0.29, 0.717) is 17.9 Å². The zero-order chi connectivity index (χ0) is 20.4. The monoisotopic (exact) mass is 383 g/mol. The molecule has 0 aromatic carbocycles. The molecule has 2 atom stereocenters. The highest BCUT2D eigenvalue weighted by Crippen LogP contribution is 2.23. The summed E-state index contributed by atoms with van der Waals surface area (Å²) in [5.41, 5.74) is -0.451. The van der Waals surface area contributed by atoms with Crippen LogP contribution in [0, 0.1) is 11.3 Å². The van der Waals surface area contributed by atoms with Crippen molar-refractivity contribution in [1.29, 1.82) is 0 Å². The maximum absolute atomic E-state index is 12.9. The molecule has 0 saturated heterocycles. The van der Waals surface area contributed by atoms with Gasteiger partial charge in [-0.1, -0.05) is 59.8 Å². The number of hydrogen-bond acceptors (Lipinski definition) is 4. The third-order valence-corrected chi connectivity index (χ3v) is 5.17. The molecule has 156 valence electrons. The Morgan fingerprint density at radius 1 is 1.19 bits per heavy atom. The molecule has 0 aromatic heterocycles. The fourth-order valence-electron chi connectivity index (χ4n) is 3.49. The smallest absolute Gasteiger partial charge is 0.243 e. The summed E-state index contributed by atoms with van der Waals surface area (Å²) in [4.78, 5) is 36.4. The van der Waals surface area contributed by atoms with Crippen molar-refractivity contribution in [3.05, 3.63) is 0 Å². The van der Waals surface area contributed by atoms with E-state index in [-0.39, 0.29) is 24.4 Å². The number of rotatable bonds is 10. The van der Waals surface area contributed by atoms with E-state index >= 15 is 0 Å². The van der Waals surface area contributed by atoms with Crippen LogP contribution in [0.1, 0.15) is 79.1 Å². The lowest BCUT2D eigenvalue weighted by Crippen LogP contribution is -2.57. The van der Waals surface area contributed by atoms with Gasteiger partial charge in [0.15, 0.2) is 0 Å². The van der Waals surface area contributed by atoms with Crippen LogP contribution in [0.5, 0.6) is 0 Å². The highest BCUT2D eigenvalue weighted by Gasteiger charge is 2.35. The molecule has 7 nitrogen and oxygen atoms in total. The Kier molecular flexibility index (Phi) is 9.77. The first-order chi connectivity index (χ1) is 12.7. The van der Waals surface area contributed by atoms with Gasteiger partial charge in [-0.15, -0.1) is 0 Å². The fraction of sp³-hybridized carbons (Fsp3) is 0.850. The van der Waals surface area contributed by atoms with E-state index in [1.165, 1.54) is 6.42 Å². The lowest BCUT2D eigenvalue weighted by Gasteiger charge is -2.34. The number of hydrogen-bond donors (Lipinski definition) is 3. The van der Waals surface area contributed by atoms with Gasteiger partial charge < -0.3 is 10.6 Å². The molecule has 1 aliphatic carbocycles. The van der Waals surface area contributed by atoms with Crippen molar-refractivity contribution in [2.75, 3.05) is 6.54 Å². The molecule has 0 aromatic rings. The van der Waals surface area contributed by atoms with Crippen molar-refractivity contribution in [2.24, 2.45) is 11.3 Å². The number of carbonyl (C=O) groups is 3. The maximum atomic E-state index is 12.9. The number of nitrogens with zero attached hydrogens (tertiary/aromatic N) is 1. The van der Waals surface area contributed by atoms with Crippen molar-refractivity contribution in [3.8, 4) is 0 Å². The van der Waals surface area contributed by atoms with E-state index in [9.17, 15) is 19.6 Å². The molecule has 3 N–H and O–H groups in total. The topological polar surface area (TPSA) is 98.7 Å². The Bertz CT molecular complexity index is 484. The summed E-state index contributed by atoms with van der Waals surface area (Å²) in [5, 5.41) is 16.0. The normalized spacial score (nSPS) is 17.7. The molecule has 0 heterocycles. The standard InChI is InChI=1S/C20H37N3O4/c1-5-6-10-15(13-23(27)14-24)18(25)22-17(20(2,3)4)19(26)21-16-11-8-7-9-12-16/h14-17,27H,5-13H2,1-4H3,(H,21,26)(H,22,25). The predicted octanol–water partition coefficient (Wildman–Crippen LogP) is 2.62. The van der Waals surface area contributed by atoms with Crippen LogP contribution >= 0.6 is 0 Å². The molecule has 1 rings (SSSR count). The van der Waals surface area contributed by atoms with Crippen LogP contribution in [-0.2, 0) is 14.4 Å². The fourth-order valence-corrected chi connectivity index (χ4v) is 3.49. The molecule has 1 saturated carbocycles. The Hall–Kier alpha value is -1.63. The van der Waals surface area contributed by atoms with E-state index in [1.54, 1.807) is 0 Å². The van der Waals surface area contributed by atoms with Crippen molar-refractivity contribution in [1.82, 2.24) is 15.7 Å². The van der Waals surface area contributed by atoms with Gasteiger partial charge in [0.1, 0.15) is 6.04 Å². The third kappa shape index (κ3) is 8.28. The number of carbonyl (C=O) groups excluding carboxylic acids is 3. The number of hydroxylamine groups is 2. The summed E-state index contributed by atoms with van der Waals surface area (Å²) >= 11 is 0. The van der Waals surface area contributed by atoms with E-state index in [1.807, 2.05) is 27.7 Å². The second-order valence-electron chi connectivity index (χ2n) is 8.72. The summed E-state index contributed by atoms with van der Waals surface area (Å²) in [5.74, 6) is -1.01. The summed E-state index contributed by atoms with van der Waals surface area (Å²) < 4.78 is 0. The SMILES string of the molecule is CCCCC(CN(O)C=O)C(=O)NC(C(=O)NC1CCCCC1)C(C)(C)C. The van der Waals surface area contributed by atoms with Crippen LogP contribution in [0.25, 0.3) is 0 Å². The minimum absolute atomic E-state index is 0.0730. The summed E-state index contributed by atoms with van der Waals surface area (Å²) in [6, 6.07) is -0.494.